The van der Waals surface area contributed by atoms with Gasteiger partial charge in [0, 0.05) is 36.4 Å². The molecule has 0 unspecified atom stereocenters. The van der Waals surface area contributed by atoms with Gasteiger partial charge in [0.1, 0.15) is 12.1 Å². The predicted molar refractivity (Wildman–Crippen MR) is 124 cm³/mol. The second kappa shape index (κ2) is 12.3. The van der Waals surface area contributed by atoms with Gasteiger partial charge in [0.15, 0.2) is 0 Å². The zero-order valence-corrected chi connectivity index (χ0v) is 19.7. The summed E-state index contributed by atoms with van der Waals surface area (Å²) in [7, 11) is 1.27. The predicted octanol–water partition coefficient (Wildman–Crippen LogP) is 2.01. The van der Waals surface area contributed by atoms with Crippen molar-refractivity contribution in [2.75, 3.05) is 7.11 Å². The minimum atomic E-state index is -0.918. The van der Waals surface area contributed by atoms with E-state index in [1.165, 1.54) is 18.4 Å². The third-order valence-electron chi connectivity index (χ3n) is 5.37. The van der Waals surface area contributed by atoms with Crippen molar-refractivity contribution in [3.05, 3.63) is 52.5 Å². The second-order valence-electron chi connectivity index (χ2n) is 8.07. The Morgan fingerprint density at radius 3 is 2.38 bits per heavy atom. The zero-order valence-electron chi connectivity index (χ0n) is 18.9. The van der Waals surface area contributed by atoms with Crippen molar-refractivity contribution in [2.45, 2.75) is 57.7 Å². The van der Waals surface area contributed by atoms with Gasteiger partial charge in [-0.3, -0.25) is 9.59 Å². The fourth-order valence-corrected chi connectivity index (χ4v) is 3.84. The van der Waals surface area contributed by atoms with Gasteiger partial charge in [-0.1, -0.05) is 51.1 Å². The van der Waals surface area contributed by atoms with Crippen molar-refractivity contribution in [3.63, 3.8) is 0 Å². The monoisotopic (exact) mass is 460 g/mol. The number of amides is 2. The molecule has 1 heterocycles. The molecule has 0 radical (unpaired) electrons. The molecule has 0 aliphatic rings. The van der Waals surface area contributed by atoms with E-state index in [0.717, 1.165) is 5.56 Å². The maximum absolute atomic E-state index is 13.3. The van der Waals surface area contributed by atoms with Gasteiger partial charge in [-0.15, -0.1) is 11.3 Å². The number of hydrogen-bond donors (Lipinski definition) is 3. The molecular weight excluding hydrogens is 428 g/mol. The van der Waals surface area contributed by atoms with Gasteiger partial charge in [-0.25, -0.2) is 9.78 Å². The van der Waals surface area contributed by atoms with Crippen molar-refractivity contribution in [1.29, 1.82) is 0 Å². The quantitative estimate of drug-likeness (QED) is 0.441. The first-order chi connectivity index (χ1) is 15.2. The van der Waals surface area contributed by atoms with Crippen LogP contribution in [0.25, 0.3) is 0 Å². The summed E-state index contributed by atoms with van der Waals surface area (Å²) in [6.07, 6.45) is 1.94. The van der Waals surface area contributed by atoms with Crippen molar-refractivity contribution >= 4 is 29.1 Å². The van der Waals surface area contributed by atoms with Gasteiger partial charge in [-0.05, 0) is 11.5 Å². The van der Waals surface area contributed by atoms with Crippen LogP contribution in [0.15, 0.2) is 41.9 Å². The van der Waals surface area contributed by atoms with Crippen LogP contribution < -0.4 is 16.4 Å². The fourth-order valence-electron chi connectivity index (χ4n) is 3.17. The minimum absolute atomic E-state index is 0.0997. The van der Waals surface area contributed by atoms with Gasteiger partial charge in [0.2, 0.25) is 11.8 Å². The number of nitrogens with two attached hydrogens (primary N) is 1. The molecule has 2 rings (SSSR count). The third kappa shape index (κ3) is 7.42. The van der Waals surface area contributed by atoms with E-state index in [9.17, 15) is 14.4 Å². The van der Waals surface area contributed by atoms with E-state index >= 15 is 0 Å². The Morgan fingerprint density at radius 2 is 1.81 bits per heavy atom. The molecule has 9 heteroatoms. The number of esters is 1. The van der Waals surface area contributed by atoms with Crippen LogP contribution in [-0.4, -0.2) is 48.0 Å². The number of carbonyl (C=O) groups excluding carboxylic acids is 3. The number of carbonyl (C=O) groups is 3. The highest BCUT2D eigenvalue weighted by Crippen LogP contribution is 2.20. The van der Waals surface area contributed by atoms with E-state index in [4.69, 9.17) is 10.5 Å². The number of nitrogens with one attached hydrogen (secondary N) is 2. The zero-order chi connectivity index (χ0) is 23.7. The molecule has 1 aromatic carbocycles. The molecule has 2 amide bonds. The molecule has 4 atom stereocenters. The van der Waals surface area contributed by atoms with Crippen molar-refractivity contribution in [1.82, 2.24) is 15.6 Å². The molecule has 1 aromatic heterocycles. The first-order valence-corrected chi connectivity index (χ1v) is 11.5. The van der Waals surface area contributed by atoms with Gasteiger partial charge in [0.25, 0.3) is 0 Å². The maximum atomic E-state index is 13.3. The van der Waals surface area contributed by atoms with Crippen molar-refractivity contribution < 1.29 is 19.1 Å². The number of benzene rings is 1. The van der Waals surface area contributed by atoms with E-state index in [1.807, 2.05) is 51.1 Å². The van der Waals surface area contributed by atoms with Crippen LogP contribution >= 0.6 is 11.3 Å². The highest BCUT2D eigenvalue weighted by molar-refractivity contribution is 7.09. The molecule has 0 fully saturated rings. The normalized spacial score (nSPS) is 14.8. The molecule has 0 saturated carbocycles. The number of nitrogens with zero attached hydrogens (tertiary/aromatic N) is 1. The van der Waals surface area contributed by atoms with Gasteiger partial charge < -0.3 is 21.1 Å². The molecule has 0 saturated heterocycles. The average molecular weight is 461 g/mol. The lowest BCUT2D eigenvalue weighted by Crippen LogP contribution is -2.54. The molecule has 0 bridgehead atoms. The van der Waals surface area contributed by atoms with E-state index in [1.54, 1.807) is 11.6 Å². The maximum Gasteiger partial charge on any atom is 0.328 e. The van der Waals surface area contributed by atoms with E-state index in [0.29, 0.717) is 5.01 Å². The number of ether oxygens (including phenoxy) is 1. The number of aromatic nitrogens is 1. The molecule has 0 spiro atoms. The molecule has 8 nitrogen and oxygen atoms in total. The van der Waals surface area contributed by atoms with Crippen molar-refractivity contribution in [2.24, 2.45) is 11.7 Å². The standard InChI is InChI=1S/C23H32N4O4S/c1-14(2)17(24)12-19(28)27-21(15(3)16-8-6-5-7-9-16)22(29)26-18(23(30)31-4)13-20-25-10-11-32-20/h5-11,14-15,17-18,21H,12-13,24H2,1-4H3,(H,26,29)(H,27,28)/t15-,17-,18-,21-/m0/s1. The number of methoxy groups -OCH3 is 1. The van der Waals surface area contributed by atoms with Crippen LogP contribution in [0, 0.1) is 5.92 Å². The smallest absolute Gasteiger partial charge is 0.328 e. The Bertz CT molecular complexity index is 873. The first kappa shape index (κ1) is 25.5. The van der Waals surface area contributed by atoms with Crippen LogP contribution in [0.1, 0.15) is 43.7 Å². The van der Waals surface area contributed by atoms with Crippen LogP contribution in [0.3, 0.4) is 0 Å². The average Bonchev–Trinajstić information content (AvgIpc) is 3.29. The minimum Gasteiger partial charge on any atom is -0.467 e. The topological polar surface area (TPSA) is 123 Å². The fraction of sp³-hybridized carbons (Fsp3) is 0.478. The molecule has 32 heavy (non-hydrogen) atoms. The molecule has 0 aliphatic carbocycles. The summed E-state index contributed by atoms with van der Waals surface area (Å²) in [6, 6.07) is 7.28. The lowest BCUT2D eigenvalue weighted by atomic mass is 9.91. The summed E-state index contributed by atoms with van der Waals surface area (Å²) < 4.78 is 4.87. The van der Waals surface area contributed by atoms with E-state index in [2.05, 4.69) is 15.6 Å². The van der Waals surface area contributed by atoms with Crippen molar-refractivity contribution in [3.8, 4) is 0 Å². The Morgan fingerprint density at radius 1 is 1.12 bits per heavy atom. The Hall–Kier alpha value is -2.78. The largest absolute Gasteiger partial charge is 0.467 e. The summed E-state index contributed by atoms with van der Waals surface area (Å²) in [5, 5.41) is 8.06. The van der Waals surface area contributed by atoms with E-state index < -0.39 is 24.0 Å². The molecular formula is C23H32N4O4S. The van der Waals surface area contributed by atoms with Gasteiger partial charge in [-0.2, -0.15) is 0 Å². The van der Waals surface area contributed by atoms with Gasteiger partial charge >= 0.3 is 5.97 Å². The number of hydrogen-bond acceptors (Lipinski definition) is 7. The SMILES string of the molecule is COC(=O)[C@H](Cc1nccs1)NC(=O)[C@@H](NC(=O)C[C@H](N)C(C)C)[C@@H](C)c1ccccc1. The molecule has 0 aliphatic heterocycles. The first-order valence-electron chi connectivity index (χ1n) is 10.6. The number of thiazole rings is 1. The Labute approximate surface area is 192 Å². The summed E-state index contributed by atoms with van der Waals surface area (Å²) in [6.45, 7) is 5.73. The number of rotatable bonds is 11. The molecule has 2 aromatic rings. The lowest BCUT2D eigenvalue weighted by molar-refractivity contribution is -0.145. The highest BCUT2D eigenvalue weighted by Gasteiger charge is 2.32. The van der Waals surface area contributed by atoms with Crippen LogP contribution in [0.2, 0.25) is 0 Å². The summed E-state index contributed by atoms with van der Waals surface area (Å²) in [5.41, 5.74) is 6.93. The van der Waals surface area contributed by atoms with Crippen LogP contribution in [0.4, 0.5) is 0 Å². The second-order valence-corrected chi connectivity index (χ2v) is 9.05. The lowest BCUT2D eigenvalue weighted by Gasteiger charge is -2.27. The van der Waals surface area contributed by atoms with Crippen LogP contribution in [-0.2, 0) is 25.5 Å². The van der Waals surface area contributed by atoms with E-state index in [-0.39, 0.29) is 36.6 Å². The summed E-state index contributed by atoms with van der Waals surface area (Å²) >= 11 is 1.38. The van der Waals surface area contributed by atoms with Gasteiger partial charge in [0.05, 0.1) is 12.1 Å². The molecule has 4 N–H and O–H groups in total. The summed E-state index contributed by atoms with van der Waals surface area (Å²) in [5.74, 6) is -1.58. The Kier molecular flexibility index (Phi) is 9.80. The third-order valence-corrected chi connectivity index (χ3v) is 6.17. The molecule has 174 valence electrons. The highest BCUT2D eigenvalue weighted by atomic mass is 32.1. The summed E-state index contributed by atoms with van der Waals surface area (Å²) in [4.78, 5) is 42.5. The van der Waals surface area contributed by atoms with Crippen LogP contribution in [0.5, 0.6) is 0 Å². The Balaban J connectivity index is 2.22.